The molecular weight excluding hydrogens is 222 g/mol. The highest BCUT2D eigenvalue weighted by molar-refractivity contribution is 4.67. The minimum absolute atomic E-state index is 0.243. The Balaban J connectivity index is 4.25. The van der Waals surface area contributed by atoms with E-state index in [-0.39, 0.29) is 6.23 Å². The fraction of sp³-hybridized carbons (Fsp3) is 0.875. The van der Waals surface area contributed by atoms with Crippen LogP contribution in [0.5, 0.6) is 0 Å². The number of hydrogen-bond donors (Lipinski definition) is 0. The van der Waals surface area contributed by atoms with Crippen LogP contribution in [0.3, 0.4) is 0 Å². The zero-order valence-electron chi connectivity index (χ0n) is 12.8. The van der Waals surface area contributed by atoms with E-state index in [1.165, 1.54) is 44.9 Å². The Labute approximate surface area is 114 Å². The highest BCUT2D eigenvalue weighted by atomic mass is 16.5. The Morgan fingerprint density at radius 3 is 1.94 bits per heavy atom. The summed E-state index contributed by atoms with van der Waals surface area (Å²) in [6, 6.07) is 0. The average Bonchev–Trinajstić information content (AvgIpc) is 2.38. The lowest BCUT2D eigenvalue weighted by Gasteiger charge is -2.31. The van der Waals surface area contributed by atoms with Gasteiger partial charge < -0.3 is 4.74 Å². The van der Waals surface area contributed by atoms with Crippen LogP contribution in [0, 0.1) is 0 Å². The first-order valence-corrected chi connectivity index (χ1v) is 7.80. The van der Waals surface area contributed by atoms with Gasteiger partial charge in [0, 0.05) is 13.1 Å². The van der Waals surface area contributed by atoms with Crippen LogP contribution in [-0.4, -0.2) is 24.2 Å². The summed E-state index contributed by atoms with van der Waals surface area (Å²) in [6.45, 7) is 12.8. The Morgan fingerprint density at radius 2 is 1.50 bits per heavy atom. The highest BCUT2D eigenvalue weighted by Gasteiger charge is 2.17. The highest BCUT2D eigenvalue weighted by Crippen LogP contribution is 2.14. The summed E-state index contributed by atoms with van der Waals surface area (Å²) in [7, 11) is 0. The van der Waals surface area contributed by atoms with Crippen molar-refractivity contribution < 1.29 is 4.74 Å². The molecule has 0 bridgehead atoms. The summed E-state index contributed by atoms with van der Waals surface area (Å²) in [6.07, 6.45) is 11.8. The van der Waals surface area contributed by atoms with Gasteiger partial charge in [-0.15, -0.1) is 0 Å². The fourth-order valence-electron chi connectivity index (χ4n) is 2.14. The van der Waals surface area contributed by atoms with Crippen LogP contribution in [0.25, 0.3) is 0 Å². The first-order valence-electron chi connectivity index (χ1n) is 7.80. The molecule has 2 heteroatoms. The van der Waals surface area contributed by atoms with E-state index in [0.717, 1.165) is 19.5 Å². The van der Waals surface area contributed by atoms with E-state index >= 15 is 0 Å². The molecule has 0 saturated carbocycles. The zero-order valence-corrected chi connectivity index (χ0v) is 12.8. The van der Waals surface area contributed by atoms with E-state index < -0.39 is 0 Å². The largest absolute Gasteiger partial charge is 0.483 e. The molecule has 0 aliphatic carbocycles. The topological polar surface area (TPSA) is 12.5 Å². The predicted octanol–water partition coefficient (Wildman–Crippen LogP) is 4.96. The summed E-state index contributed by atoms with van der Waals surface area (Å²) < 4.78 is 5.73. The minimum Gasteiger partial charge on any atom is -0.483 e. The molecule has 0 aliphatic rings. The maximum atomic E-state index is 5.73. The van der Waals surface area contributed by atoms with E-state index in [2.05, 4.69) is 32.3 Å². The molecule has 0 aliphatic heterocycles. The van der Waals surface area contributed by atoms with Gasteiger partial charge in [0.25, 0.3) is 0 Å². The summed E-state index contributed by atoms with van der Waals surface area (Å²) in [5, 5.41) is 0. The summed E-state index contributed by atoms with van der Waals surface area (Å²) >= 11 is 0. The van der Waals surface area contributed by atoms with Crippen molar-refractivity contribution in [1.82, 2.24) is 4.90 Å². The van der Waals surface area contributed by atoms with Crippen molar-refractivity contribution in [3.05, 3.63) is 12.8 Å². The Morgan fingerprint density at radius 1 is 0.944 bits per heavy atom. The van der Waals surface area contributed by atoms with Crippen LogP contribution >= 0.6 is 0 Å². The molecule has 1 unspecified atom stereocenters. The van der Waals surface area contributed by atoms with Crippen LogP contribution in [-0.2, 0) is 4.74 Å². The third-order valence-electron chi connectivity index (χ3n) is 3.31. The molecule has 0 rings (SSSR count). The van der Waals surface area contributed by atoms with E-state index in [1.807, 2.05) is 0 Å². The van der Waals surface area contributed by atoms with Gasteiger partial charge in [-0.2, -0.15) is 0 Å². The summed E-state index contributed by atoms with van der Waals surface area (Å²) in [5.74, 6) is 0. The lowest BCUT2D eigenvalue weighted by Crippen LogP contribution is -2.38. The molecule has 1 atom stereocenters. The van der Waals surface area contributed by atoms with Crippen molar-refractivity contribution in [3.8, 4) is 0 Å². The number of unbranched alkanes of at least 4 members (excludes halogenated alkanes) is 4. The standard InChI is InChI=1S/C16H33NO/c1-5-9-12-13-16(18-8-4)17(14-10-6-2)15-11-7-3/h8,16H,4-7,9-15H2,1-3H3. The van der Waals surface area contributed by atoms with Crippen LogP contribution in [0.2, 0.25) is 0 Å². The Kier molecular flexibility index (Phi) is 12.6. The van der Waals surface area contributed by atoms with Crippen molar-refractivity contribution in [1.29, 1.82) is 0 Å². The molecule has 0 fully saturated rings. The quantitative estimate of drug-likeness (QED) is 0.262. The molecule has 0 heterocycles. The third-order valence-corrected chi connectivity index (χ3v) is 3.31. The number of nitrogens with zero attached hydrogens (tertiary/aromatic N) is 1. The van der Waals surface area contributed by atoms with Gasteiger partial charge in [0.2, 0.25) is 0 Å². The van der Waals surface area contributed by atoms with Gasteiger partial charge in [-0.25, -0.2) is 0 Å². The van der Waals surface area contributed by atoms with E-state index in [1.54, 1.807) is 6.26 Å². The smallest absolute Gasteiger partial charge is 0.151 e. The number of rotatable bonds is 13. The first-order chi connectivity index (χ1) is 8.79. The molecule has 2 nitrogen and oxygen atoms in total. The summed E-state index contributed by atoms with van der Waals surface area (Å²) in [5.41, 5.74) is 0. The maximum absolute atomic E-state index is 5.73. The Hall–Kier alpha value is -0.500. The van der Waals surface area contributed by atoms with Gasteiger partial charge in [-0.3, -0.25) is 4.90 Å². The molecule has 0 spiro atoms. The SMILES string of the molecule is C=COC(CCCCC)N(CCCC)CCCC. The van der Waals surface area contributed by atoms with Crippen molar-refractivity contribution in [2.75, 3.05) is 13.1 Å². The van der Waals surface area contributed by atoms with E-state index in [4.69, 9.17) is 4.74 Å². The molecule has 0 saturated heterocycles. The molecule has 0 aromatic rings. The second kappa shape index (κ2) is 12.9. The number of hydrogen-bond acceptors (Lipinski definition) is 2. The van der Waals surface area contributed by atoms with Gasteiger partial charge >= 0.3 is 0 Å². The van der Waals surface area contributed by atoms with Crippen LogP contribution in [0.15, 0.2) is 12.8 Å². The molecule has 0 amide bonds. The van der Waals surface area contributed by atoms with Crippen molar-refractivity contribution >= 4 is 0 Å². The number of ether oxygens (including phenoxy) is 1. The van der Waals surface area contributed by atoms with Gasteiger partial charge in [-0.05, 0) is 25.7 Å². The van der Waals surface area contributed by atoms with Crippen LogP contribution in [0.4, 0.5) is 0 Å². The zero-order chi connectivity index (χ0) is 13.6. The molecule has 0 radical (unpaired) electrons. The molecule has 0 N–H and O–H groups in total. The van der Waals surface area contributed by atoms with Gasteiger partial charge in [0.05, 0.1) is 6.26 Å². The lowest BCUT2D eigenvalue weighted by molar-refractivity contribution is -0.0171. The van der Waals surface area contributed by atoms with Crippen LogP contribution < -0.4 is 0 Å². The predicted molar refractivity (Wildman–Crippen MR) is 80.6 cm³/mol. The van der Waals surface area contributed by atoms with E-state index in [9.17, 15) is 0 Å². The lowest BCUT2D eigenvalue weighted by atomic mass is 10.1. The first kappa shape index (κ1) is 17.5. The Bertz CT molecular complexity index is 174. The van der Waals surface area contributed by atoms with Crippen molar-refractivity contribution in [3.63, 3.8) is 0 Å². The maximum Gasteiger partial charge on any atom is 0.151 e. The fourth-order valence-corrected chi connectivity index (χ4v) is 2.14. The van der Waals surface area contributed by atoms with Gasteiger partial charge in [0.1, 0.15) is 0 Å². The van der Waals surface area contributed by atoms with Crippen LogP contribution in [0.1, 0.15) is 72.1 Å². The summed E-state index contributed by atoms with van der Waals surface area (Å²) in [4.78, 5) is 2.50. The molecule has 0 aromatic carbocycles. The molecule has 108 valence electrons. The third kappa shape index (κ3) is 8.57. The van der Waals surface area contributed by atoms with Crippen molar-refractivity contribution in [2.45, 2.75) is 78.4 Å². The molecular formula is C16H33NO. The average molecular weight is 255 g/mol. The second-order valence-corrected chi connectivity index (χ2v) is 5.00. The molecule has 0 aromatic heterocycles. The van der Waals surface area contributed by atoms with Crippen molar-refractivity contribution in [2.24, 2.45) is 0 Å². The second-order valence-electron chi connectivity index (χ2n) is 5.00. The van der Waals surface area contributed by atoms with Gasteiger partial charge in [0.15, 0.2) is 6.23 Å². The minimum atomic E-state index is 0.243. The van der Waals surface area contributed by atoms with Gasteiger partial charge in [-0.1, -0.05) is 53.0 Å². The normalized spacial score (nSPS) is 12.7. The van der Waals surface area contributed by atoms with E-state index in [0.29, 0.717) is 0 Å². The monoisotopic (exact) mass is 255 g/mol. The molecule has 18 heavy (non-hydrogen) atoms.